The molecule has 0 aliphatic carbocycles. The predicted molar refractivity (Wildman–Crippen MR) is 62.6 cm³/mol. The lowest BCUT2D eigenvalue weighted by molar-refractivity contribution is -0.152. The number of methoxy groups -OCH3 is 1. The minimum absolute atomic E-state index is 0.256. The van der Waals surface area contributed by atoms with E-state index in [-0.39, 0.29) is 5.60 Å². The summed E-state index contributed by atoms with van der Waals surface area (Å²) in [4.78, 5) is 10.9. The van der Waals surface area contributed by atoms with E-state index in [4.69, 9.17) is 14.6 Å². The smallest absolute Gasteiger partial charge is 0.332 e. The summed E-state index contributed by atoms with van der Waals surface area (Å²) in [5, 5.41) is 8.93. The summed E-state index contributed by atoms with van der Waals surface area (Å²) in [5.74, 6) is -0.872. The fourth-order valence-corrected chi connectivity index (χ4v) is 1.22. The SMILES string of the molecule is CCCCC(OCCC(C)(C)OC)C(=O)O. The molecule has 4 nitrogen and oxygen atoms in total. The fourth-order valence-electron chi connectivity index (χ4n) is 1.22. The van der Waals surface area contributed by atoms with Crippen LogP contribution in [-0.4, -0.2) is 36.5 Å². The van der Waals surface area contributed by atoms with Gasteiger partial charge in [-0.15, -0.1) is 0 Å². The molecule has 16 heavy (non-hydrogen) atoms. The highest BCUT2D eigenvalue weighted by molar-refractivity contribution is 5.72. The van der Waals surface area contributed by atoms with Gasteiger partial charge < -0.3 is 14.6 Å². The minimum Gasteiger partial charge on any atom is -0.479 e. The average Bonchev–Trinajstić information content (AvgIpc) is 2.22. The molecule has 0 amide bonds. The van der Waals surface area contributed by atoms with Gasteiger partial charge in [-0.1, -0.05) is 19.8 Å². The van der Waals surface area contributed by atoms with Crippen LogP contribution in [0.2, 0.25) is 0 Å². The second-order valence-electron chi connectivity index (χ2n) is 4.55. The van der Waals surface area contributed by atoms with Gasteiger partial charge in [-0.05, 0) is 26.7 Å². The van der Waals surface area contributed by atoms with Gasteiger partial charge in [0.1, 0.15) is 0 Å². The molecule has 0 aromatic carbocycles. The van der Waals surface area contributed by atoms with Crippen molar-refractivity contribution in [3.8, 4) is 0 Å². The zero-order chi connectivity index (χ0) is 12.6. The summed E-state index contributed by atoms with van der Waals surface area (Å²) in [6.07, 6.45) is 2.47. The zero-order valence-corrected chi connectivity index (χ0v) is 10.8. The third kappa shape index (κ3) is 6.80. The van der Waals surface area contributed by atoms with Crippen LogP contribution in [0.5, 0.6) is 0 Å². The first kappa shape index (κ1) is 15.4. The van der Waals surface area contributed by atoms with Gasteiger partial charge >= 0.3 is 5.97 Å². The topological polar surface area (TPSA) is 55.8 Å². The van der Waals surface area contributed by atoms with Crippen molar-refractivity contribution in [2.45, 2.75) is 58.2 Å². The molecule has 0 bridgehead atoms. The molecule has 0 radical (unpaired) electrons. The van der Waals surface area contributed by atoms with Crippen molar-refractivity contribution in [2.75, 3.05) is 13.7 Å². The molecule has 4 heteroatoms. The molecule has 0 aliphatic rings. The number of carboxylic acids is 1. The van der Waals surface area contributed by atoms with Crippen LogP contribution >= 0.6 is 0 Å². The zero-order valence-electron chi connectivity index (χ0n) is 10.8. The average molecular weight is 232 g/mol. The summed E-state index contributed by atoms with van der Waals surface area (Å²) in [5.41, 5.74) is -0.256. The molecule has 1 N–H and O–H groups in total. The van der Waals surface area contributed by atoms with Crippen molar-refractivity contribution >= 4 is 5.97 Å². The molecule has 1 unspecified atom stereocenters. The van der Waals surface area contributed by atoms with Crippen molar-refractivity contribution in [1.82, 2.24) is 0 Å². The number of hydrogen-bond donors (Lipinski definition) is 1. The Balaban J connectivity index is 3.89. The number of unbranched alkanes of at least 4 members (excludes halogenated alkanes) is 1. The molecule has 0 spiro atoms. The van der Waals surface area contributed by atoms with Crippen LogP contribution in [-0.2, 0) is 14.3 Å². The van der Waals surface area contributed by atoms with E-state index in [1.54, 1.807) is 7.11 Å². The summed E-state index contributed by atoms with van der Waals surface area (Å²) >= 11 is 0. The standard InChI is InChI=1S/C12H24O4/c1-5-6-7-10(11(13)14)16-9-8-12(2,3)15-4/h10H,5-9H2,1-4H3,(H,13,14). The Labute approximate surface area is 97.9 Å². The van der Waals surface area contributed by atoms with Crippen molar-refractivity contribution in [3.63, 3.8) is 0 Å². The summed E-state index contributed by atoms with van der Waals surface area (Å²) < 4.78 is 10.6. The Morgan fingerprint density at radius 2 is 2.06 bits per heavy atom. The highest BCUT2D eigenvalue weighted by Crippen LogP contribution is 2.14. The van der Waals surface area contributed by atoms with Crippen LogP contribution in [0.1, 0.15) is 46.5 Å². The van der Waals surface area contributed by atoms with E-state index in [0.717, 1.165) is 12.8 Å². The Morgan fingerprint density at radius 1 is 1.44 bits per heavy atom. The fraction of sp³-hybridized carbons (Fsp3) is 0.917. The van der Waals surface area contributed by atoms with Crippen molar-refractivity contribution < 1.29 is 19.4 Å². The summed E-state index contributed by atoms with van der Waals surface area (Å²) in [7, 11) is 1.64. The van der Waals surface area contributed by atoms with Crippen LogP contribution in [0, 0.1) is 0 Å². The highest BCUT2D eigenvalue weighted by Gasteiger charge is 2.20. The lowest BCUT2D eigenvalue weighted by atomic mass is 10.1. The van der Waals surface area contributed by atoms with E-state index in [9.17, 15) is 4.79 Å². The number of carboxylic acid groups (broad SMARTS) is 1. The van der Waals surface area contributed by atoms with E-state index in [0.29, 0.717) is 19.4 Å². The molecule has 0 aliphatic heterocycles. The quantitative estimate of drug-likeness (QED) is 0.663. The molecule has 96 valence electrons. The van der Waals surface area contributed by atoms with Gasteiger partial charge in [0.05, 0.1) is 12.2 Å². The maximum absolute atomic E-state index is 10.9. The van der Waals surface area contributed by atoms with E-state index >= 15 is 0 Å². The molecule has 0 rings (SSSR count). The lowest BCUT2D eigenvalue weighted by Gasteiger charge is -2.23. The van der Waals surface area contributed by atoms with Crippen molar-refractivity contribution in [3.05, 3.63) is 0 Å². The van der Waals surface area contributed by atoms with Crippen LogP contribution in [0.15, 0.2) is 0 Å². The molecule has 0 saturated carbocycles. The molecule has 0 fully saturated rings. The number of ether oxygens (including phenoxy) is 2. The number of carbonyl (C=O) groups is 1. The normalized spacial score (nSPS) is 13.8. The third-order valence-electron chi connectivity index (χ3n) is 2.67. The summed E-state index contributed by atoms with van der Waals surface area (Å²) in [6.45, 7) is 6.37. The molecule has 0 aromatic heterocycles. The van der Waals surface area contributed by atoms with Gasteiger partial charge in [-0.25, -0.2) is 4.79 Å². The van der Waals surface area contributed by atoms with Crippen LogP contribution in [0.4, 0.5) is 0 Å². The van der Waals surface area contributed by atoms with E-state index in [1.807, 2.05) is 20.8 Å². The minimum atomic E-state index is -0.872. The van der Waals surface area contributed by atoms with Crippen LogP contribution < -0.4 is 0 Å². The molecular formula is C12H24O4. The first-order valence-corrected chi connectivity index (χ1v) is 5.82. The van der Waals surface area contributed by atoms with Crippen molar-refractivity contribution in [1.29, 1.82) is 0 Å². The predicted octanol–water partition coefficient (Wildman–Crippen LogP) is 2.46. The van der Waals surface area contributed by atoms with E-state index in [1.165, 1.54) is 0 Å². The van der Waals surface area contributed by atoms with E-state index in [2.05, 4.69) is 0 Å². The van der Waals surface area contributed by atoms with Gasteiger partial charge in [0.15, 0.2) is 6.10 Å². The highest BCUT2D eigenvalue weighted by atomic mass is 16.5. The molecule has 0 aromatic rings. The Kier molecular flexibility index (Phi) is 7.34. The van der Waals surface area contributed by atoms with Crippen LogP contribution in [0.25, 0.3) is 0 Å². The maximum atomic E-state index is 10.9. The number of aliphatic carboxylic acids is 1. The molecule has 0 heterocycles. The van der Waals surface area contributed by atoms with Gasteiger partial charge in [0.25, 0.3) is 0 Å². The first-order chi connectivity index (χ1) is 7.43. The Hall–Kier alpha value is -0.610. The van der Waals surface area contributed by atoms with Gasteiger partial charge in [0.2, 0.25) is 0 Å². The first-order valence-electron chi connectivity index (χ1n) is 5.82. The van der Waals surface area contributed by atoms with E-state index < -0.39 is 12.1 Å². The molecular weight excluding hydrogens is 208 g/mol. The summed E-state index contributed by atoms with van der Waals surface area (Å²) in [6, 6.07) is 0. The Bertz CT molecular complexity index is 201. The molecule has 1 atom stereocenters. The van der Waals surface area contributed by atoms with Gasteiger partial charge in [-0.3, -0.25) is 0 Å². The van der Waals surface area contributed by atoms with Crippen molar-refractivity contribution in [2.24, 2.45) is 0 Å². The molecule has 0 saturated heterocycles. The lowest BCUT2D eigenvalue weighted by Crippen LogP contribution is -2.29. The second-order valence-corrected chi connectivity index (χ2v) is 4.55. The number of hydrogen-bond acceptors (Lipinski definition) is 3. The maximum Gasteiger partial charge on any atom is 0.332 e. The number of rotatable bonds is 9. The second kappa shape index (κ2) is 7.63. The largest absolute Gasteiger partial charge is 0.479 e. The third-order valence-corrected chi connectivity index (χ3v) is 2.67. The Morgan fingerprint density at radius 3 is 2.50 bits per heavy atom. The van der Waals surface area contributed by atoms with Gasteiger partial charge in [-0.2, -0.15) is 0 Å². The monoisotopic (exact) mass is 232 g/mol. The van der Waals surface area contributed by atoms with Gasteiger partial charge in [0, 0.05) is 7.11 Å². The van der Waals surface area contributed by atoms with Crippen LogP contribution in [0.3, 0.4) is 0 Å².